The Kier molecular flexibility index (Phi) is 4.69. The third-order valence-electron chi connectivity index (χ3n) is 4.73. The van der Waals surface area contributed by atoms with Crippen LogP contribution in [0.1, 0.15) is 72.5 Å². The van der Waals surface area contributed by atoms with E-state index >= 15 is 0 Å². The highest BCUT2D eigenvalue weighted by atomic mass is 16.1. The van der Waals surface area contributed by atoms with Crippen molar-refractivity contribution in [3.8, 4) is 0 Å². The monoisotopic (exact) mass is 328 g/mol. The minimum absolute atomic E-state index is 0. The maximum absolute atomic E-state index is 13.1. The summed E-state index contributed by atoms with van der Waals surface area (Å²) in [5.41, 5.74) is 3.40. The van der Waals surface area contributed by atoms with Crippen LogP contribution >= 0.6 is 0 Å². The number of pyridine rings is 1. The van der Waals surface area contributed by atoms with Gasteiger partial charge < -0.3 is 9.55 Å². The molecule has 1 aliphatic rings. The van der Waals surface area contributed by atoms with Crippen LogP contribution < -0.4 is 5.56 Å². The molecule has 1 N–H and O–H groups in total. The van der Waals surface area contributed by atoms with Crippen molar-refractivity contribution in [3.05, 3.63) is 34.5 Å². The van der Waals surface area contributed by atoms with Gasteiger partial charge in [-0.15, -0.1) is 0 Å². The van der Waals surface area contributed by atoms with Gasteiger partial charge in [-0.2, -0.15) is 0 Å². The van der Waals surface area contributed by atoms with Crippen LogP contribution in [0.15, 0.2) is 23.3 Å². The molecule has 5 heteroatoms. The second-order valence-electron chi connectivity index (χ2n) is 6.15. The molecule has 4 rings (SSSR count). The van der Waals surface area contributed by atoms with Crippen LogP contribution in [-0.4, -0.2) is 19.5 Å². The lowest BCUT2D eigenvalue weighted by atomic mass is 10.1. The van der Waals surface area contributed by atoms with Crippen LogP contribution in [0.3, 0.4) is 0 Å². The number of aromatic nitrogens is 4. The van der Waals surface area contributed by atoms with Crippen LogP contribution in [-0.2, 0) is 0 Å². The fraction of sp³-hybridized carbons (Fsp3) is 0.526. The molecule has 5 nitrogen and oxygen atoms in total. The number of nitrogens with one attached hydrogen (secondary N) is 1. The quantitative estimate of drug-likeness (QED) is 0.749. The molecule has 0 spiro atoms. The van der Waals surface area contributed by atoms with Gasteiger partial charge in [0, 0.05) is 25.0 Å². The summed E-state index contributed by atoms with van der Waals surface area (Å²) in [6.07, 6.45) is 7.70. The highest BCUT2D eigenvalue weighted by Gasteiger charge is 2.30. The van der Waals surface area contributed by atoms with E-state index in [1.54, 1.807) is 6.20 Å². The molecule has 3 heterocycles. The van der Waals surface area contributed by atoms with E-state index < -0.39 is 0 Å². The van der Waals surface area contributed by atoms with Gasteiger partial charge in [0.25, 0.3) is 5.56 Å². The average molecular weight is 328 g/mol. The number of H-pyrrole nitrogens is 1. The van der Waals surface area contributed by atoms with E-state index in [9.17, 15) is 4.79 Å². The molecule has 24 heavy (non-hydrogen) atoms. The predicted octanol–water partition coefficient (Wildman–Crippen LogP) is 4.78. The van der Waals surface area contributed by atoms with E-state index in [1.807, 2.05) is 30.7 Å². The first kappa shape index (κ1) is 16.7. The molecular formula is C19H28N4O. The van der Waals surface area contributed by atoms with Crippen LogP contribution in [0.25, 0.3) is 22.1 Å². The molecule has 130 valence electrons. The van der Waals surface area contributed by atoms with Gasteiger partial charge in [0.05, 0.1) is 11.7 Å². The Morgan fingerprint density at radius 3 is 2.67 bits per heavy atom. The van der Waals surface area contributed by atoms with Crippen LogP contribution in [0, 0.1) is 0 Å². The molecule has 3 aromatic heterocycles. The fourth-order valence-electron chi connectivity index (χ4n) is 3.35. The minimum atomic E-state index is 0. The van der Waals surface area contributed by atoms with Gasteiger partial charge >= 0.3 is 0 Å². The van der Waals surface area contributed by atoms with E-state index in [0.29, 0.717) is 5.92 Å². The van der Waals surface area contributed by atoms with E-state index in [0.717, 1.165) is 53.4 Å². The largest absolute Gasteiger partial charge is 0.346 e. The van der Waals surface area contributed by atoms with Gasteiger partial charge in [-0.05, 0) is 31.7 Å². The maximum Gasteiger partial charge on any atom is 0.273 e. The molecule has 3 aromatic rings. The third kappa shape index (κ3) is 2.62. The predicted molar refractivity (Wildman–Crippen MR) is 101 cm³/mol. The summed E-state index contributed by atoms with van der Waals surface area (Å²) in [6.45, 7) is 8.28. The molecule has 0 bridgehead atoms. The molecule has 0 atom stereocenters. The Morgan fingerprint density at radius 2 is 2.04 bits per heavy atom. The lowest BCUT2D eigenvalue weighted by Crippen LogP contribution is -2.29. The lowest BCUT2D eigenvalue weighted by molar-refractivity contribution is 0.469. The zero-order valence-corrected chi connectivity index (χ0v) is 15.0. The molecule has 1 fully saturated rings. The van der Waals surface area contributed by atoms with Crippen molar-refractivity contribution in [2.45, 2.75) is 65.3 Å². The third-order valence-corrected chi connectivity index (χ3v) is 4.73. The zero-order chi connectivity index (χ0) is 17.3. The maximum atomic E-state index is 13.1. The zero-order valence-electron chi connectivity index (χ0n) is 15.0. The molecule has 1 aliphatic carbocycles. The summed E-state index contributed by atoms with van der Waals surface area (Å²) in [7, 11) is 0. The first-order valence-corrected chi connectivity index (χ1v) is 9.12. The first-order valence-electron chi connectivity index (χ1n) is 9.12. The summed E-state index contributed by atoms with van der Waals surface area (Å²) in [6, 6.07) is 2.19. The van der Waals surface area contributed by atoms with Crippen molar-refractivity contribution in [3.63, 3.8) is 0 Å². The Labute approximate surface area is 143 Å². The van der Waals surface area contributed by atoms with Gasteiger partial charge in [0.2, 0.25) is 0 Å². The number of hydrogen-bond donors (Lipinski definition) is 1. The summed E-state index contributed by atoms with van der Waals surface area (Å²) in [5, 5.41) is 0.983. The fourth-order valence-corrected chi connectivity index (χ4v) is 3.35. The Balaban J connectivity index is 0.000000726. The topological polar surface area (TPSA) is 63.6 Å². The minimum Gasteiger partial charge on any atom is -0.346 e. The number of rotatable bonds is 4. The lowest BCUT2D eigenvalue weighted by Gasteiger charge is -2.20. The smallest absolute Gasteiger partial charge is 0.273 e. The number of aromatic amines is 1. The van der Waals surface area contributed by atoms with Gasteiger partial charge in [-0.1, -0.05) is 27.7 Å². The number of nitrogens with zero attached hydrogens (tertiary/aromatic N) is 3. The molecule has 0 radical (unpaired) electrons. The Bertz CT molecular complexity index is 907. The van der Waals surface area contributed by atoms with Gasteiger partial charge in [0.15, 0.2) is 0 Å². The molecule has 0 aromatic carbocycles. The molecular weight excluding hydrogens is 300 g/mol. The van der Waals surface area contributed by atoms with Crippen molar-refractivity contribution in [2.75, 3.05) is 0 Å². The van der Waals surface area contributed by atoms with E-state index in [-0.39, 0.29) is 13.0 Å². The molecule has 0 saturated heterocycles. The molecule has 0 unspecified atom stereocenters. The summed E-state index contributed by atoms with van der Waals surface area (Å²) in [5.74, 6) is 0.347. The van der Waals surface area contributed by atoms with Crippen molar-refractivity contribution in [2.24, 2.45) is 0 Å². The van der Waals surface area contributed by atoms with Crippen molar-refractivity contribution < 1.29 is 1.43 Å². The van der Waals surface area contributed by atoms with Gasteiger partial charge in [0.1, 0.15) is 16.9 Å². The first-order chi connectivity index (χ1) is 11.7. The van der Waals surface area contributed by atoms with Gasteiger partial charge in [-0.3, -0.25) is 4.79 Å². The molecule has 0 amide bonds. The Hall–Kier alpha value is -2.17. The second-order valence-corrected chi connectivity index (χ2v) is 6.15. The highest BCUT2D eigenvalue weighted by Crippen LogP contribution is 2.38. The number of fused-ring (bicyclic) bond motifs is 3. The summed E-state index contributed by atoms with van der Waals surface area (Å²) >= 11 is 0. The average Bonchev–Trinajstić information content (AvgIpc) is 3.35. The van der Waals surface area contributed by atoms with E-state index in [2.05, 4.69) is 28.8 Å². The van der Waals surface area contributed by atoms with Crippen molar-refractivity contribution in [1.82, 2.24) is 19.5 Å². The molecule has 1 saturated carbocycles. The van der Waals surface area contributed by atoms with Crippen molar-refractivity contribution >= 4 is 22.1 Å². The van der Waals surface area contributed by atoms with Crippen molar-refractivity contribution in [1.29, 1.82) is 0 Å². The number of hydrogen-bond acceptors (Lipinski definition) is 3. The van der Waals surface area contributed by atoms with Crippen LogP contribution in [0.4, 0.5) is 0 Å². The summed E-state index contributed by atoms with van der Waals surface area (Å²) < 4.78 is 1.98. The summed E-state index contributed by atoms with van der Waals surface area (Å²) in [4.78, 5) is 25.3. The standard InChI is InChI=1S/C17H20N4O.C2H6.H2/c1-3-11(4-2)21-15-12-7-8-18-16(12)19-9-13(15)20-14(17(21)22)10-5-6-10;1-2;/h7-11H,3-6H2,1-2H3,(H,18,19);1-2H3;1H. The normalized spacial score (nSPS) is 14.2. The SMILES string of the molecule is CC.CCC(CC)n1c(=O)c(C2CC2)nc2cnc3[nH]ccc3c21.[HH]. The molecule has 0 aliphatic heterocycles. The Morgan fingerprint density at radius 1 is 1.33 bits per heavy atom. The van der Waals surface area contributed by atoms with E-state index in [1.165, 1.54) is 0 Å². The highest BCUT2D eigenvalue weighted by molar-refractivity contribution is 6.00. The second kappa shape index (κ2) is 6.75. The van der Waals surface area contributed by atoms with Crippen LogP contribution in [0.2, 0.25) is 0 Å². The van der Waals surface area contributed by atoms with Gasteiger partial charge in [-0.25, -0.2) is 9.97 Å². The van der Waals surface area contributed by atoms with E-state index in [4.69, 9.17) is 0 Å². The van der Waals surface area contributed by atoms with Crippen LogP contribution in [0.5, 0.6) is 0 Å².